The van der Waals surface area contributed by atoms with Crippen molar-refractivity contribution in [3.63, 3.8) is 0 Å². The summed E-state index contributed by atoms with van der Waals surface area (Å²) in [6.07, 6.45) is 6.12. The third-order valence-corrected chi connectivity index (χ3v) is 1.37. The van der Waals surface area contributed by atoms with Crippen LogP contribution >= 0.6 is 0 Å². The standard InChI is InChI=1S/C6H11N5/c1-2-4-6-8-10-11-9-7-5-3-1/h5H,1-4,6H2/b7-5?,10-8?,11-9+. The first-order chi connectivity index (χ1) is 5.50. The summed E-state index contributed by atoms with van der Waals surface area (Å²) in [5.41, 5.74) is 0. The maximum Gasteiger partial charge on any atom is 0.0621 e. The molecule has 0 saturated heterocycles. The summed E-state index contributed by atoms with van der Waals surface area (Å²) in [6, 6.07) is 0. The average molecular weight is 153 g/mol. The predicted molar refractivity (Wildman–Crippen MR) is 41.5 cm³/mol. The Morgan fingerprint density at radius 3 is 2.91 bits per heavy atom. The normalized spacial score (nSPS) is 22.5. The van der Waals surface area contributed by atoms with Gasteiger partial charge in [0.15, 0.2) is 0 Å². The molecule has 0 bridgehead atoms. The summed E-state index contributed by atoms with van der Waals surface area (Å²) >= 11 is 0. The molecule has 1 aliphatic heterocycles. The van der Waals surface area contributed by atoms with Crippen LogP contribution in [0.5, 0.6) is 0 Å². The van der Waals surface area contributed by atoms with E-state index in [4.69, 9.17) is 0 Å². The maximum atomic E-state index is 3.76. The third-order valence-electron chi connectivity index (χ3n) is 1.37. The Bertz CT molecular complexity index is 154. The molecule has 1 heterocycles. The van der Waals surface area contributed by atoms with Crippen molar-refractivity contribution in [1.82, 2.24) is 0 Å². The molecule has 0 atom stereocenters. The summed E-state index contributed by atoms with van der Waals surface area (Å²) in [4.78, 5) is 0. The first kappa shape index (κ1) is 7.97. The molecule has 0 fully saturated rings. The molecule has 0 aromatic heterocycles. The van der Waals surface area contributed by atoms with E-state index in [1.807, 2.05) is 0 Å². The van der Waals surface area contributed by atoms with Gasteiger partial charge in [0.25, 0.3) is 0 Å². The van der Waals surface area contributed by atoms with Crippen molar-refractivity contribution in [2.45, 2.75) is 25.7 Å². The second kappa shape index (κ2) is 5.64. The van der Waals surface area contributed by atoms with E-state index >= 15 is 0 Å². The highest BCUT2D eigenvalue weighted by Crippen LogP contribution is 1.99. The Balaban J connectivity index is 2.36. The molecular formula is C6H11N5. The molecule has 1 aliphatic rings. The zero-order valence-electron chi connectivity index (χ0n) is 6.35. The van der Waals surface area contributed by atoms with E-state index in [1.54, 1.807) is 6.21 Å². The highest BCUT2D eigenvalue weighted by Gasteiger charge is 1.87. The molecule has 0 amide bonds. The number of nitrogens with zero attached hydrogens (tertiary/aromatic N) is 5. The fraction of sp³-hybridized carbons (Fsp3) is 0.833. The van der Waals surface area contributed by atoms with E-state index in [2.05, 4.69) is 25.9 Å². The van der Waals surface area contributed by atoms with Gasteiger partial charge in [-0.15, -0.1) is 5.10 Å². The fourth-order valence-corrected chi connectivity index (χ4v) is 0.803. The van der Waals surface area contributed by atoms with Gasteiger partial charge in [0.1, 0.15) is 0 Å². The lowest BCUT2D eigenvalue weighted by molar-refractivity contribution is 0.689. The lowest BCUT2D eigenvalue weighted by Gasteiger charge is -1.91. The second-order valence-corrected chi connectivity index (χ2v) is 2.28. The molecule has 11 heavy (non-hydrogen) atoms. The van der Waals surface area contributed by atoms with Gasteiger partial charge in [0.2, 0.25) is 0 Å². The molecule has 5 nitrogen and oxygen atoms in total. The maximum absolute atomic E-state index is 3.76. The minimum absolute atomic E-state index is 0.749. The first-order valence-corrected chi connectivity index (χ1v) is 3.78. The highest BCUT2D eigenvalue weighted by atomic mass is 15.5. The Hall–Kier alpha value is -1.13. The largest absolute Gasteiger partial charge is 0.167 e. The van der Waals surface area contributed by atoms with Gasteiger partial charge < -0.3 is 0 Å². The second-order valence-electron chi connectivity index (χ2n) is 2.28. The van der Waals surface area contributed by atoms with E-state index in [9.17, 15) is 0 Å². The molecule has 0 N–H and O–H groups in total. The van der Waals surface area contributed by atoms with Crippen LogP contribution in [0.3, 0.4) is 0 Å². The van der Waals surface area contributed by atoms with Crippen LogP contribution in [-0.2, 0) is 0 Å². The molecule has 0 saturated carbocycles. The molecule has 0 unspecified atom stereocenters. The van der Waals surface area contributed by atoms with Gasteiger partial charge in [-0.05, 0) is 34.9 Å². The molecule has 0 spiro atoms. The molecule has 1 rings (SSSR count). The fourth-order valence-electron chi connectivity index (χ4n) is 0.803. The molecular weight excluding hydrogens is 142 g/mol. The minimum atomic E-state index is 0.749. The molecule has 0 aliphatic carbocycles. The summed E-state index contributed by atoms with van der Waals surface area (Å²) in [5, 5.41) is 17.6. The van der Waals surface area contributed by atoms with Crippen LogP contribution in [0.4, 0.5) is 0 Å². The van der Waals surface area contributed by atoms with Gasteiger partial charge in [0, 0.05) is 6.21 Å². The van der Waals surface area contributed by atoms with Gasteiger partial charge in [-0.3, -0.25) is 0 Å². The van der Waals surface area contributed by atoms with Crippen molar-refractivity contribution < 1.29 is 0 Å². The first-order valence-electron chi connectivity index (χ1n) is 3.78. The molecule has 5 heteroatoms. The Labute approximate surface area is 65.3 Å². The zero-order valence-corrected chi connectivity index (χ0v) is 6.35. The number of hydrogen-bond donors (Lipinski definition) is 0. The molecule has 0 radical (unpaired) electrons. The van der Waals surface area contributed by atoms with Crippen LogP contribution < -0.4 is 0 Å². The molecule has 60 valence electrons. The Morgan fingerprint density at radius 1 is 0.909 bits per heavy atom. The van der Waals surface area contributed by atoms with Gasteiger partial charge in [-0.1, -0.05) is 6.42 Å². The van der Waals surface area contributed by atoms with E-state index in [-0.39, 0.29) is 0 Å². The van der Waals surface area contributed by atoms with Gasteiger partial charge in [-0.25, -0.2) is 0 Å². The van der Waals surface area contributed by atoms with Crippen LogP contribution in [0.15, 0.2) is 25.9 Å². The van der Waals surface area contributed by atoms with Gasteiger partial charge in [-0.2, -0.15) is 5.11 Å². The number of hydrogen-bond acceptors (Lipinski definition) is 5. The van der Waals surface area contributed by atoms with Gasteiger partial charge >= 0.3 is 0 Å². The van der Waals surface area contributed by atoms with Crippen molar-refractivity contribution in [3.05, 3.63) is 0 Å². The molecule has 0 aromatic carbocycles. The van der Waals surface area contributed by atoms with Crippen molar-refractivity contribution in [1.29, 1.82) is 0 Å². The zero-order chi connectivity index (χ0) is 7.78. The SMILES string of the molecule is C1=N/N=N/N=NCCCCC1. The summed E-state index contributed by atoms with van der Waals surface area (Å²) < 4.78 is 0. The topological polar surface area (TPSA) is 61.8 Å². The highest BCUT2D eigenvalue weighted by molar-refractivity contribution is 5.56. The smallest absolute Gasteiger partial charge is 0.0621 e. The van der Waals surface area contributed by atoms with Crippen LogP contribution in [0.2, 0.25) is 0 Å². The van der Waals surface area contributed by atoms with E-state index in [0.717, 1.165) is 25.8 Å². The summed E-state index contributed by atoms with van der Waals surface area (Å²) in [6.45, 7) is 0.749. The molecule has 0 aromatic rings. The lowest BCUT2D eigenvalue weighted by Crippen LogP contribution is -1.81. The monoisotopic (exact) mass is 153 g/mol. The quantitative estimate of drug-likeness (QED) is 0.513. The van der Waals surface area contributed by atoms with Crippen LogP contribution in [0.25, 0.3) is 0 Å². The lowest BCUT2D eigenvalue weighted by atomic mass is 10.2. The van der Waals surface area contributed by atoms with E-state index in [0.29, 0.717) is 0 Å². The summed E-state index contributed by atoms with van der Waals surface area (Å²) in [5.74, 6) is 0. The van der Waals surface area contributed by atoms with Crippen LogP contribution in [0.1, 0.15) is 25.7 Å². The third kappa shape index (κ3) is 4.30. The minimum Gasteiger partial charge on any atom is -0.167 e. The van der Waals surface area contributed by atoms with Crippen molar-refractivity contribution in [2.75, 3.05) is 6.54 Å². The van der Waals surface area contributed by atoms with Crippen molar-refractivity contribution >= 4 is 6.21 Å². The van der Waals surface area contributed by atoms with Crippen molar-refractivity contribution in [2.24, 2.45) is 25.9 Å². The van der Waals surface area contributed by atoms with Gasteiger partial charge in [0.05, 0.1) is 6.54 Å². The Morgan fingerprint density at radius 2 is 1.91 bits per heavy atom. The van der Waals surface area contributed by atoms with Crippen LogP contribution in [-0.4, -0.2) is 12.8 Å². The van der Waals surface area contributed by atoms with Crippen LogP contribution in [0, 0.1) is 0 Å². The summed E-state index contributed by atoms with van der Waals surface area (Å²) in [7, 11) is 0. The number of rotatable bonds is 0. The van der Waals surface area contributed by atoms with E-state index in [1.165, 1.54) is 6.42 Å². The van der Waals surface area contributed by atoms with Crippen molar-refractivity contribution in [3.8, 4) is 0 Å². The predicted octanol–water partition coefficient (Wildman–Crippen LogP) is 2.37. The van der Waals surface area contributed by atoms with E-state index < -0.39 is 0 Å². The Kier molecular flexibility index (Phi) is 4.09. The average Bonchev–Trinajstić information content (AvgIpc) is 2.08.